The molecule has 0 radical (unpaired) electrons. The second-order valence-corrected chi connectivity index (χ2v) is 3.90. The molecular formula is C9H8F2INO3. The Hall–Kier alpha value is -1.12. The molecule has 4 nitrogen and oxygen atoms in total. The number of methoxy groups -OCH3 is 1. The molecule has 1 aromatic rings. The number of benzene rings is 1. The maximum atomic E-state index is 12.1. The number of nitrogens with two attached hydrogens (primary N) is 1. The summed E-state index contributed by atoms with van der Waals surface area (Å²) in [6, 6.07) is 2.55. The Balaban J connectivity index is 3.16. The van der Waals surface area contributed by atoms with Crippen LogP contribution >= 0.6 is 22.6 Å². The van der Waals surface area contributed by atoms with Gasteiger partial charge in [0.25, 0.3) is 0 Å². The number of hydrogen-bond donors (Lipinski definition) is 1. The number of ether oxygens (including phenoxy) is 2. The van der Waals surface area contributed by atoms with Crippen LogP contribution < -0.4 is 10.5 Å². The van der Waals surface area contributed by atoms with E-state index in [-0.39, 0.29) is 17.0 Å². The Morgan fingerprint density at radius 1 is 1.50 bits per heavy atom. The van der Waals surface area contributed by atoms with Crippen molar-refractivity contribution in [3.05, 3.63) is 21.3 Å². The SMILES string of the molecule is COC(=O)c1cc(I)c(N)c(OC(F)F)c1. The largest absolute Gasteiger partial charge is 0.465 e. The van der Waals surface area contributed by atoms with Crippen LogP contribution in [0.3, 0.4) is 0 Å². The molecule has 0 unspecified atom stereocenters. The highest BCUT2D eigenvalue weighted by Gasteiger charge is 2.15. The number of halogens is 3. The third-order valence-corrected chi connectivity index (χ3v) is 2.62. The van der Waals surface area contributed by atoms with Gasteiger partial charge in [0, 0.05) is 3.57 Å². The highest BCUT2D eigenvalue weighted by Crippen LogP contribution is 2.30. The molecule has 0 aliphatic carbocycles. The van der Waals surface area contributed by atoms with Gasteiger partial charge in [0.05, 0.1) is 18.4 Å². The predicted molar refractivity (Wildman–Crippen MR) is 61.5 cm³/mol. The van der Waals surface area contributed by atoms with Crippen LogP contribution in [0.5, 0.6) is 5.75 Å². The Morgan fingerprint density at radius 2 is 2.12 bits per heavy atom. The van der Waals surface area contributed by atoms with Gasteiger partial charge in [-0.05, 0) is 34.7 Å². The van der Waals surface area contributed by atoms with Gasteiger partial charge in [-0.2, -0.15) is 8.78 Å². The monoisotopic (exact) mass is 343 g/mol. The van der Waals surface area contributed by atoms with Gasteiger partial charge in [-0.3, -0.25) is 0 Å². The molecule has 0 amide bonds. The van der Waals surface area contributed by atoms with E-state index >= 15 is 0 Å². The highest BCUT2D eigenvalue weighted by molar-refractivity contribution is 14.1. The molecule has 0 aliphatic rings. The van der Waals surface area contributed by atoms with Gasteiger partial charge in [-0.1, -0.05) is 0 Å². The molecule has 88 valence electrons. The first-order valence-electron chi connectivity index (χ1n) is 4.08. The number of carbonyl (C=O) groups is 1. The third-order valence-electron chi connectivity index (χ3n) is 1.73. The number of hydrogen-bond acceptors (Lipinski definition) is 4. The summed E-state index contributed by atoms with van der Waals surface area (Å²) < 4.78 is 33.2. The number of rotatable bonds is 3. The molecular weight excluding hydrogens is 335 g/mol. The minimum atomic E-state index is -2.99. The second kappa shape index (κ2) is 5.28. The topological polar surface area (TPSA) is 61.5 Å². The molecule has 0 heterocycles. The van der Waals surface area contributed by atoms with Crippen LogP contribution in [0.2, 0.25) is 0 Å². The van der Waals surface area contributed by atoms with Gasteiger partial charge in [-0.15, -0.1) is 0 Å². The van der Waals surface area contributed by atoms with Crippen LogP contribution in [0, 0.1) is 3.57 Å². The van der Waals surface area contributed by atoms with Crippen LogP contribution in [0.25, 0.3) is 0 Å². The molecule has 7 heteroatoms. The molecule has 2 N–H and O–H groups in total. The smallest absolute Gasteiger partial charge is 0.387 e. The first-order valence-corrected chi connectivity index (χ1v) is 5.15. The average Bonchev–Trinajstić information content (AvgIpc) is 2.22. The highest BCUT2D eigenvalue weighted by atomic mass is 127. The number of anilines is 1. The summed E-state index contributed by atoms with van der Waals surface area (Å²) >= 11 is 1.81. The van der Waals surface area contributed by atoms with Crippen molar-refractivity contribution >= 4 is 34.2 Å². The summed E-state index contributed by atoms with van der Waals surface area (Å²) in [5, 5.41) is 0. The van der Waals surface area contributed by atoms with Gasteiger partial charge >= 0.3 is 12.6 Å². The average molecular weight is 343 g/mol. The maximum absolute atomic E-state index is 12.1. The van der Waals surface area contributed by atoms with E-state index in [0.29, 0.717) is 3.57 Å². The van der Waals surface area contributed by atoms with E-state index in [1.165, 1.54) is 13.2 Å². The van der Waals surface area contributed by atoms with Crippen molar-refractivity contribution in [1.29, 1.82) is 0 Å². The second-order valence-electron chi connectivity index (χ2n) is 2.74. The van der Waals surface area contributed by atoms with E-state index < -0.39 is 12.6 Å². The van der Waals surface area contributed by atoms with Crippen molar-refractivity contribution in [2.24, 2.45) is 0 Å². The summed E-state index contributed by atoms with van der Waals surface area (Å²) in [6.45, 7) is -2.99. The molecule has 1 rings (SSSR count). The Bertz CT molecular complexity index is 412. The lowest BCUT2D eigenvalue weighted by atomic mass is 10.2. The maximum Gasteiger partial charge on any atom is 0.387 e. The van der Waals surface area contributed by atoms with Crippen molar-refractivity contribution in [2.75, 3.05) is 12.8 Å². The molecule has 0 atom stereocenters. The fourth-order valence-corrected chi connectivity index (χ4v) is 1.62. The zero-order valence-electron chi connectivity index (χ0n) is 8.17. The molecule has 0 fully saturated rings. The summed E-state index contributed by atoms with van der Waals surface area (Å²) in [6.07, 6.45) is 0. The van der Waals surface area contributed by atoms with Crippen molar-refractivity contribution in [2.45, 2.75) is 6.61 Å². The first kappa shape index (κ1) is 12.9. The molecule has 0 bridgehead atoms. The van der Waals surface area contributed by atoms with E-state index in [0.717, 1.165) is 6.07 Å². The van der Waals surface area contributed by atoms with E-state index in [1.54, 1.807) is 0 Å². The van der Waals surface area contributed by atoms with Gasteiger partial charge in [0.1, 0.15) is 0 Å². The quantitative estimate of drug-likeness (QED) is 0.520. The lowest BCUT2D eigenvalue weighted by molar-refractivity contribution is -0.0494. The lowest BCUT2D eigenvalue weighted by Crippen LogP contribution is -2.08. The minimum Gasteiger partial charge on any atom is -0.465 e. The number of carbonyl (C=O) groups excluding carboxylic acids is 1. The fraction of sp³-hybridized carbons (Fsp3) is 0.222. The Morgan fingerprint density at radius 3 is 2.62 bits per heavy atom. The third kappa shape index (κ3) is 2.94. The zero-order chi connectivity index (χ0) is 12.3. The van der Waals surface area contributed by atoms with Crippen molar-refractivity contribution in [3.8, 4) is 5.75 Å². The van der Waals surface area contributed by atoms with Crippen LogP contribution in [0.1, 0.15) is 10.4 Å². The number of nitrogen functional groups attached to an aromatic ring is 1. The van der Waals surface area contributed by atoms with Crippen molar-refractivity contribution in [3.63, 3.8) is 0 Å². The normalized spacial score (nSPS) is 10.3. The summed E-state index contributed by atoms with van der Waals surface area (Å²) in [5.41, 5.74) is 5.70. The molecule has 0 aliphatic heterocycles. The molecule has 0 aromatic heterocycles. The van der Waals surface area contributed by atoms with E-state index in [9.17, 15) is 13.6 Å². The molecule has 16 heavy (non-hydrogen) atoms. The fourth-order valence-electron chi connectivity index (χ4n) is 1.02. The lowest BCUT2D eigenvalue weighted by Gasteiger charge is -2.10. The van der Waals surface area contributed by atoms with E-state index in [2.05, 4.69) is 9.47 Å². The van der Waals surface area contributed by atoms with Gasteiger partial charge in [0.2, 0.25) is 0 Å². The summed E-state index contributed by atoms with van der Waals surface area (Å²) in [4.78, 5) is 11.2. The van der Waals surface area contributed by atoms with Crippen LogP contribution in [-0.4, -0.2) is 19.7 Å². The Kier molecular flexibility index (Phi) is 4.27. The number of esters is 1. The Labute approximate surface area is 104 Å². The molecule has 0 saturated heterocycles. The van der Waals surface area contributed by atoms with Crippen LogP contribution in [0.15, 0.2) is 12.1 Å². The van der Waals surface area contributed by atoms with Crippen molar-refractivity contribution in [1.82, 2.24) is 0 Å². The summed E-state index contributed by atoms with van der Waals surface area (Å²) in [5.74, 6) is -0.876. The zero-order valence-corrected chi connectivity index (χ0v) is 10.3. The van der Waals surface area contributed by atoms with Crippen LogP contribution in [0.4, 0.5) is 14.5 Å². The van der Waals surface area contributed by atoms with E-state index in [4.69, 9.17) is 5.73 Å². The van der Waals surface area contributed by atoms with Gasteiger partial charge in [0.15, 0.2) is 5.75 Å². The standard InChI is InChI=1S/C9H8F2INO3/c1-15-8(14)4-2-5(12)7(13)6(3-4)16-9(10)11/h2-3,9H,13H2,1H3. The molecule has 0 spiro atoms. The minimum absolute atomic E-state index is 0.0635. The van der Waals surface area contributed by atoms with Crippen molar-refractivity contribution < 1.29 is 23.0 Å². The molecule has 0 saturated carbocycles. The van der Waals surface area contributed by atoms with Gasteiger partial charge < -0.3 is 15.2 Å². The van der Waals surface area contributed by atoms with Crippen LogP contribution in [-0.2, 0) is 4.74 Å². The van der Waals surface area contributed by atoms with E-state index in [1.807, 2.05) is 22.6 Å². The predicted octanol–water partition coefficient (Wildman–Crippen LogP) is 2.26. The summed E-state index contributed by atoms with van der Waals surface area (Å²) in [7, 11) is 1.19. The number of alkyl halides is 2. The molecule has 1 aromatic carbocycles. The van der Waals surface area contributed by atoms with Gasteiger partial charge in [-0.25, -0.2) is 4.79 Å². The first-order chi connectivity index (χ1) is 7.45.